The Balaban J connectivity index is 1.64. The average molecular weight is 535 g/mol. The van der Waals surface area contributed by atoms with E-state index in [1.54, 1.807) is 0 Å². The van der Waals surface area contributed by atoms with E-state index in [-0.39, 0.29) is 45.4 Å². The molecule has 194 valence electrons. The first-order valence-corrected chi connectivity index (χ1v) is 13.2. The van der Waals surface area contributed by atoms with Crippen LogP contribution in [0.5, 0.6) is 11.5 Å². The number of rotatable bonds is 3. The van der Waals surface area contributed by atoms with Crippen LogP contribution in [0.4, 0.5) is 10.2 Å². The lowest BCUT2D eigenvalue weighted by Gasteiger charge is -2.34. The van der Waals surface area contributed by atoms with Crippen LogP contribution in [0, 0.1) is 12.7 Å². The number of benzene rings is 1. The van der Waals surface area contributed by atoms with Crippen molar-refractivity contribution in [1.82, 2.24) is 24.5 Å². The van der Waals surface area contributed by atoms with Gasteiger partial charge >= 0.3 is 5.69 Å². The van der Waals surface area contributed by atoms with Gasteiger partial charge in [0.25, 0.3) is 0 Å². The Morgan fingerprint density at radius 1 is 1.16 bits per heavy atom. The van der Waals surface area contributed by atoms with Gasteiger partial charge in [-0.1, -0.05) is 17.7 Å². The number of anilines is 1. The number of halogens is 2. The molecule has 1 aromatic carbocycles. The van der Waals surface area contributed by atoms with Crippen LogP contribution in [0.15, 0.2) is 29.3 Å². The van der Waals surface area contributed by atoms with Crippen LogP contribution >= 0.6 is 11.6 Å². The molecule has 7 rings (SSSR count). The number of hydrogen-bond donors (Lipinski definition) is 1. The first-order valence-electron chi connectivity index (χ1n) is 12.8. The van der Waals surface area contributed by atoms with E-state index in [0.717, 1.165) is 37.8 Å². The van der Waals surface area contributed by atoms with E-state index in [9.17, 15) is 9.90 Å². The zero-order chi connectivity index (χ0) is 26.1. The summed E-state index contributed by atoms with van der Waals surface area (Å²) in [6, 6.07) is 4.00. The van der Waals surface area contributed by atoms with Gasteiger partial charge < -0.3 is 14.7 Å². The molecular weight excluding hydrogens is 511 g/mol. The lowest BCUT2D eigenvalue weighted by molar-refractivity contribution is 0.267. The maximum Gasteiger partial charge on any atom is 0.355 e. The smallest absolute Gasteiger partial charge is 0.355 e. The summed E-state index contributed by atoms with van der Waals surface area (Å²) in [5.41, 5.74) is 1.35. The average Bonchev–Trinajstić information content (AvgIpc) is 3.75. The quantitative estimate of drug-likeness (QED) is 0.404. The van der Waals surface area contributed by atoms with Gasteiger partial charge in [0, 0.05) is 12.5 Å². The van der Waals surface area contributed by atoms with E-state index in [2.05, 4.69) is 19.9 Å². The molecule has 0 unspecified atom stereocenters. The van der Waals surface area contributed by atoms with Gasteiger partial charge in [0.1, 0.15) is 46.4 Å². The molecule has 0 bridgehead atoms. The maximum absolute atomic E-state index is 15.1. The van der Waals surface area contributed by atoms with E-state index in [1.165, 1.54) is 29.1 Å². The summed E-state index contributed by atoms with van der Waals surface area (Å²) in [5, 5.41) is 11.1. The Labute approximate surface area is 221 Å². The Bertz CT molecular complexity index is 1670. The highest BCUT2D eigenvalue weighted by Gasteiger charge is 2.36. The molecule has 1 N–H and O–H groups in total. The standard InChI is InChI=1S/C27H24ClFN6O3/c1-13-23(21(14-8-9-14)31-12-30-13)35-26-19-24(20(28)22(32-26)18-16(29)6-4-7-17(18)36)38-11-15-5-2-3-10-34(15)25(19)33-27(35)37/h4,6-7,12,14-15,36H,2-3,5,8-11H2,1H3/t15-/m1/s1. The predicted octanol–water partition coefficient (Wildman–Crippen LogP) is 4.67. The minimum atomic E-state index is -0.696. The molecule has 4 aromatic rings. The molecule has 38 heavy (non-hydrogen) atoms. The molecule has 1 atom stereocenters. The minimum Gasteiger partial charge on any atom is -0.507 e. The number of aryl methyl sites for hydroxylation is 1. The van der Waals surface area contributed by atoms with Crippen LogP contribution in [0.1, 0.15) is 49.4 Å². The Hall–Kier alpha value is -3.79. The van der Waals surface area contributed by atoms with Crippen molar-refractivity contribution in [1.29, 1.82) is 0 Å². The largest absolute Gasteiger partial charge is 0.507 e. The second kappa shape index (κ2) is 8.62. The van der Waals surface area contributed by atoms with Gasteiger partial charge in [-0.05, 0) is 51.2 Å². The zero-order valence-electron chi connectivity index (χ0n) is 20.6. The van der Waals surface area contributed by atoms with Crippen molar-refractivity contribution in [2.24, 2.45) is 0 Å². The van der Waals surface area contributed by atoms with E-state index < -0.39 is 11.5 Å². The maximum atomic E-state index is 15.1. The summed E-state index contributed by atoms with van der Waals surface area (Å²) in [5.74, 6) is -0.0909. The molecule has 1 saturated carbocycles. The van der Waals surface area contributed by atoms with Crippen molar-refractivity contribution in [2.45, 2.75) is 51.0 Å². The van der Waals surface area contributed by atoms with E-state index >= 15 is 4.39 Å². The highest BCUT2D eigenvalue weighted by molar-refractivity contribution is 6.36. The summed E-state index contributed by atoms with van der Waals surface area (Å²) in [7, 11) is 0. The first kappa shape index (κ1) is 23.3. The number of fused-ring (bicyclic) bond motifs is 2. The third-order valence-electron chi connectivity index (χ3n) is 7.67. The zero-order valence-corrected chi connectivity index (χ0v) is 21.4. The fraction of sp³-hybridized carbons (Fsp3) is 0.370. The van der Waals surface area contributed by atoms with E-state index in [4.69, 9.17) is 21.3 Å². The van der Waals surface area contributed by atoms with Crippen LogP contribution in [0.2, 0.25) is 5.02 Å². The van der Waals surface area contributed by atoms with E-state index in [0.29, 0.717) is 35.7 Å². The summed E-state index contributed by atoms with van der Waals surface area (Å²) < 4.78 is 22.8. The summed E-state index contributed by atoms with van der Waals surface area (Å²) in [4.78, 5) is 34.2. The number of phenols is 1. The molecule has 3 aliphatic rings. The fourth-order valence-corrected chi connectivity index (χ4v) is 5.97. The number of phenolic OH excluding ortho intramolecular Hbond substituents is 1. The summed E-state index contributed by atoms with van der Waals surface area (Å²) in [6.45, 7) is 2.85. The third kappa shape index (κ3) is 3.46. The van der Waals surface area contributed by atoms with Gasteiger partial charge in [-0.15, -0.1) is 0 Å². The highest BCUT2D eigenvalue weighted by Crippen LogP contribution is 2.48. The van der Waals surface area contributed by atoms with E-state index in [1.807, 2.05) is 6.92 Å². The van der Waals surface area contributed by atoms with Gasteiger partial charge in [-0.3, -0.25) is 0 Å². The number of ether oxygens (including phenoxy) is 1. The lowest BCUT2D eigenvalue weighted by atomic mass is 10.0. The number of nitrogens with zero attached hydrogens (tertiary/aromatic N) is 6. The van der Waals surface area contributed by atoms with Crippen LogP contribution in [-0.2, 0) is 0 Å². The molecule has 0 amide bonds. The minimum absolute atomic E-state index is 0.00676. The second-order valence-corrected chi connectivity index (χ2v) is 10.5. The van der Waals surface area contributed by atoms with Crippen LogP contribution in [-0.4, -0.2) is 48.8 Å². The monoisotopic (exact) mass is 534 g/mol. The number of pyridine rings is 1. The second-order valence-electron chi connectivity index (χ2n) is 10.1. The summed E-state index contributed by atoms with van der Waals surface area (Å²) in [6.07, 6.45) is 6.28. The van der Waals surface area contributed by atoms with Gasteiger partial charge in [0.05, 0.1) is 28.7 Å². The lowest BCUT2D eigenvalue weighted by Crippen LogP contribution is -2.43. The number of piperidine rings is 1. The number of hydrogen-bond acceptors (Lipinski definition) is 8. The van der Waals surface area contributed by atoms with Crippen molar-refractivity contribution < 1.29 is 14.2 Å². The van der Waals surface area contributed by atoms with Gasteiger partial charge in [0.2, 0.25) is 0 Å². The van der Waals surface area contributed by atoms with Crippen molar-refractivity contribution >= 4 is 28.5 Å². The topological polar surface area (TPSA) is 106 Å². The van der Waals surface area contributed by atoms with Crippen LogP contribution in [0.3, 0.4) is 0 Å². The third-order valence-corrected chi connectivity index (χ3v) is 8.02. The van der Waals surface area contributed by atoms with Crippen LogP contribution in [0.25, 0.3) is 28.0 Å². The first-order chi connectivity index (χ1) is 18.4. The van der Waals surface area contributed by atoms with Gasteiger partial charge in [-0.25, -0.2) is 28.7 Å². The molecule has 0 spiro atoms. The normalized spacial score (nSPS) is 18.7. The Morgan fingerprint density at radius 3 is 2.79 bits per heavy atom. The number of aromatic nitrogens is 5. The molecule has 3 aromatic heterocycles. The Morgan fingerprint density at radius 2 is 2.00 bits per heavy atom. The predicted molar refractivity (Wildman–Crippen MR) is 140 cm³/mol. The molecular formula is C27H24ClFN6O3. The van der Waals surface area contributed by atoms with Crippen molar-refractivity contribution in [2.75, 3.05) is 18.1 Å². The molecule has 0 radical (unpaired) electrons. The molecule has 5 heterocycles. The number of aromatic hydroxyl groups is 1. The van der Waals surface area contributed by atoms with Crippen molar-refractivity contribution in [3.8, 4) is 28.4 Å². The molecule has 1 aliphatic carbocycles. The Kier molecular flexibility index (Phi) is 5.30. The van der Waals surface area contributed by atoms with Gasteiger partial charge in [0.15, 0.2) is 11.4 Å². The molecule has 1 saturated heterocycles. The molecule has 11 heteroatoms. The molecule has 2 aliphatic heterocycles. The fourth-order valence-electron chi connectivity index (χ4n) is 5.69. The van der Waals surface area contributed by atoms with Crippen LogP contribution < -0.4 is 15.3 Å². The molecule has 2 fully saturated rings. The SMILES string of the molecule is Cc1ncnc(C2CC2)c1-n1c(=O)nc2c3c(c(Cl)c(-c4c(O)cccc4F)nc31)OC[C@H]1CCCCN21. The molecule has 9 nitrogen and oxygen atoms in total. The van der Waals surface area contributed by atoms with Crippen molar-refractivity contribution in [3.05, 3.63) is 57.2 Å². The van der Waals surface area contributed by atoms with Gasteiger partial charge in [-0.2, -0.15) is 4.98 Å². The highest BCUT2D eigenvalue weighted by atomic mass is 35.5. The summed E-state index contributed by atoms with van der Waals surface area (Å²) >= 11 is 6.88. The van der Waals surface area contributed by atoms with Crippen molar-refractivity contribution in [3.63, 3.8) is 0 Å².